The van der Waals surface area contributed by atoms with Crippen molar-refractivity contribution in [3.63, 3.8) is 0 Å². The molecular weight excluding hydrogens is 254 g/mol. The van der Waals surface area contributed by atoms with Crippen LogP contribution < -0.4 is 10.6 Å². The summed E-state index contributed by atoms with van der Waals surface area (Å²) in [5.74, 6) is 1.70. The van der Waals surface area contributed by atoms with E-state index in [4.69, 9.17) is 0 Å². The summed E-state index contributed by atoms with van der Waals surface area (Å²) in [6.45, 7) is 5.35. The van der Waals surface area contributed by atoms with Gasteiger partial charge in [-0.1, -0.05) is 0 Å². The summed E-state index contributed by atoms with van der Waals surface area (Å²) in [6.07, 6.45) is 3.10. The zero-order valence-corrected chi connectivity index (χ0v) is 10.5. The highest BCUT2D eigenvalue weighted by Gasteiger charge is 2.14. The number of anilines is 1. The van der Waals surface area contributed by atoms with Crippen LogP contribution in [-0.4, -0.2) is 24.6 Å². The second-order valence-electron chi connectivity index (χ2n) is 4.03. The first-order chi connectivity index (χ1) is 7.27. The lowest BCUT2D eigenvalue weighted by molar-refractivity contribution is 0.614. The number of hydrogen-bond donors (Lipinski definition) is 2. The van der Waals surface area contributed by atoms with Gasteiger partial charge in [0.15, 0.2) is 0 Å². The smallest absolute Gasteiger partial charge is 0.140 e. The summed E-state index contributed by atoms with van der Waals surface area (Å²) in [5, 5.41) is 6.76. The van der Waals surface area contributed by atoms with Crippen LogP contribution in [0.3, 0.4) is 0 Å². The third-order valence-corrected chi connectivity index (χ3v) is 3.80. The second kappa shape index (κ2) is 4.94. The number of rotatable bonds is 3. The van der Waals surface area contributed by atoms with Gasteiger partial charge in [-0.2, -0.15) is 0 Å². The van der Waals surface area contributed by atoms with Gasteiger partial charge in [-0.15, -0.1) is 0 Å². The standard InChI is InChI=1S/C11H16BrN3/c1-8-2-5-14-11(10(8)12)15-7-9-3-4-13-6-9/h2,5,9,13H,3-4,6-7H2,1H3,(H,14,15). The van der Waals surface area contributed by atoms with Gasteiger partial charge >= 0.3 is 0 Å². The first-order valence-corrected chi connectivity index (χ1v) is 6.12. The Bertz CT molecular complexity index is 335. The molecule has 0 radical (unpaired) electrons. The minimum atomic E-state index is 0.735. The summed E-state index contributed by atoms with van der Waals surface area (Å²) in [6, 6.07) is 2.01. The number of aryl methyl sites for hydroxylation is 1. The molecule has 1 aromatic rings. The molecule has 82 valence electrons. The summed E-state index contributed by atoms with van der Waals surface area (Å²) in [7, 11) is 0. The van der Waals surface area contributed by atoms with Crippen LogP contribution in [0.1, 0.15) is 12.0 Å². The monoisotopic (exact) mass is 269 g/mol. The molecule has 1 fully saturated rings. The molecule has 1 saturated heterocycles. The van der Waals surface area contributed by atoms with E-state index in [1.807, 2.05) is 12.3 Å². The summed E-state index contributed by atoms with van der Waals surface area (Å²) in [5.41, 5.74) is 1.22. The molecule has 2 N–H and O–H groups in total. The van der Waals surface area contributed by atoms with E-state index in [0.29, 0.717) is 0 Å². The van der Waals surface area contributed by atoms with Crippen molar-refractivity contribution in [1.82, 2.24) is 10.3 Å². The topological polar surface area (TPSA) is 37.0 Å². The third-order valence-electron chi connectivity index (χ3n) is 2.80. The van der Waals surface area contributed by atoms with E-state index in [9.17, 15) is 0 Å². The molecule has 15 heavy (non-hydrogen) atoms. The van der Waals surface area contributed by atoms with Crippen LogP contribution in [0.25, 0.3) is 0 Å². The highest BCUT2D eigenvalue weighted by molar-refractivity contribution is 9.10. The molecule has 0 amide bonds. The van der Waals surface area contributed by atoms with E-state index in [1.54, 1.807) is 0 Å². The van der Waals surface area contributed by atoms with Gasteiger partial charge in [0.05, 0.1) is 4.47 Å². The maximum Gasteiger partial charge on any atom is 0.140 e. The normalized spacial score (nSPS) is 20.5. The van der Waals surface area contributed by atoms with Crippen molar-refractivity contribution in [2.45, 2.75) is 13.3 Å². The second-order valence-corrected chi connectivity index (χ2v) is 4.82. The Balaban J connectivity index is 1.95. The lowest BCUT2D eigenvalue weighted by Crippen LogP contribution is -2.17. The Labute approximate surface area is 98.8 Å². The van der Waals surface area contributed by atoms with Gasteiger partial charge in [0.25, 0.3) is 0 Å². The van der Waals surface area contributed by atoms with Crippen LogP contribution >= 0.6 is 15.9 Å². The quantitative estimate of drug-likeness (QED) is 0.884. The fraction of sp³-hybridized carbons (Fsp3) is 0.545. The molecule has 0 aromatic carbocycles. The van der Waals surface area contributed by atoms with Crippen LogP contribution in [0, 0.1) is 12.8 Å². The van der Waals surface area contributed by atoms with Crippen LogP contribution in [0.4, 0.5) is 5.82 Å². The first kappa shape index (κ1) is 10.9. The van der Waals surface area contributed by atoms with Crippen LogP contribution in [-0.2, 0) is 0 Å². The Kier molecular flexibility index (Phi) is 3.59. The molecule has 3 nitrogen and oxygen atoms in total. The van der Waals surface area contributed by atoms with E-state index < -0.39 is 0 Å². The van der Waals surface area contributed by atoms with Gasteiger partial charge in [0.1, 0.15) is 5.82 Å². The van der Waals surface area contributed by atoms with Gasteiger partial charge in [-0.05, 0) is 59.9 Å². The van der Waals surface area contributed by atoms with Gasteiger partial charge in [0.2, 0.25) is 0 Å². The predicted molar refractivity (Wildman–Crippen MR) is 66.1 cm³/mol. The Hall–Kier alpha value is -0.610. The van der Waals surface area contributed by atoms with E-state index >= 15 is 0 Å². The lowest BCUT2D eigenvalue weighted by atomic mass is 10.1. The maximum absolute atomic E-state index is 4.32. The molecule has 0 bridgehead atoms. The summed E-state index contributed by atoms with van der Waals surface area (Å²) >= 11 is 3.55. The van der Waals surface area contributed by atoms with Gasteiger partial charge in [0, 0.05) is 12.7 Å². The number of nitrogens with zero attached hydrogens (tertiary/aromatic N) is 1. The van der Waals surface area contributed by atoms with Crippen molar-refractivity contribution in [1.29, 1.82) is 0 Å². The maximum atomic E-state index is 4.32. The molecule has 1 atom stereocenters. The van der Waals surface area contributed by atoms with Crippen molar-refractivity contribution < 1.29 is 0 Å². The van der Waals surface area contributed by atoms with Crippen molar-refractivity contribution in [3.05, 3.63) is 22.3 Å². The van der Waals surface area contributed by atoms with Crippen LogP contribution in [0.15, 0.2) is 16.7 Å². The molecule has 1 aromatic heterocycles. The molecule has 0 saturated carbocycles. The molecule has 1 aliphatic rings. The fourth-order valence-electron chi connectivity index (χ4n) is 1.79. The fourth-order valence-corrected chi connectivity index (χ4v) is 2.17. The minimum absolute atomic E-state index is 0.735. The number of halogens is 1. The average molecular weight is 270 g/mol. The van der Waals surface area contributed by atoms with E-state index in [2.05, 4.69) is 38.5 Å². The van der Waals surface area contributed by atoms with Crippen molar-refractivity contribution in [3.8, 4) is 0 Å². The van der Waals surface area contributed by atoms with Crippen LogP contribution in [0.2, 0.25) is 0 Å². The number of aromatic nitrogens is 1. The highest BCUT2D eigenvalue weighted by atomic mass is 79.9. The molecule has 1 unspecified atom stereocenters. The first-order valence-electron chi connectivity index (χ1n) is 5.33. The summed E-state index contributed by atoms with van der Waals surface area (Å²) < 4.78 is 1.08. The van der Waals surface area contributed by atoms with E-state index in [1.165, 1.54) is 12.0 Å². The Morgan fingerprint density at radius 3 is 3.27 bits per heavy atom. The number of hydrogen-bond acceptors (Lipinski definition) is 3. The molecule has 0 spiro atoms. The zero-order chi connectivity index (χ0) is 10.7. The average Bonchev–Trinajstić information content (AvgIpc) is 2.73. The van der Waals surface area contributed by atoms with E-state index in [-0.39, 0.29) is 0 Å². The largest absolute Gasteiger partial charge is 0.369 e. The predicted octanol–water partition coefficient (Wildman–Crippen LogP) is 2.17. The van der Waals surface area contributed by atoms with Crippen molar-refractivity contribution in [2.75, 3.05) is 25.0 Å². The minimum Gasteiger partial charge on any atom is -0.369 e. The molecule has 4 heteroatoms. The van der Waals surface area contributed by atoms with Crippen LogP contribution in [0.5, 0.6) is 0 Å². The van der Waals surface area contributed by atoms with Gasteiger partial charge < -0.3 is 10.6 Å². The molecule has 1 aliphatic heterocycles. The Morgan fingerprint density at radius 2 is 2.53 bits per heavy atom. The van der Waals surface area contributed by atoms with Crippen molar-refractivity contribution in [2.24, 2.45) is 5.92 Å². The summed E-state index contributed by atoms with van der Waals surface area (Å²) in [4.78, 5) is 4.32. The third kappa shape index (κ3) is 2.69. The van der Waals surface area contributed by atoms with Gasteiger partial charge in [-0.25, -0.2) is 4.98 Å². The van der Waals surface area contributed by atoms with Crippen molar-refractivity contribution >= 4 is 21.7 Å². The number of nitrogens with one attached hydrogen (secondary N) is 2. The lowest BCUT2D eigenvalue weighted by Gasteiger charge is -2.12. The molecule has 2 rings (SSSR count). The number of pyridine rings is 1. The Morgan fingerprint density at radius 1 is 1.67 bits per heavy atom. The molecular formula is C11H16BrN3. The molecule has 2 heterocycles. The SMILES string of the molecule is Cc1ccnc(NCC2CCNC2)c1Br. The van der Waals surface area contributed by atoms with E-state index in [0.717, 1.165) is 35.8 Å². The zero-order valence-electron chi connectivity index (χ0n) is 8.89. The molecule has 0 aliphatic carbocycles. The van der Waals surface area contributed by atoms with Gasteiger partial charge in [-0.3, -0.25) is 0 Å². The highest BCUT2D eigenvalue weighted by Crippen LogP contribution is 2.23.